The van der Waals surface area contributed by atoms with E-state index >= 15 is 0 Å². The van der Waals surface area contributed by atoms with Crippen LogP contribution in [0.25, 0.3) is 0 Å². The predicted molar refractivity (Wildman–Crippen MR) is 103 cm³/mol. The Kier molecular flexibility index (Phi) is 5.84. The topological polar surface area (TPSA) is 59.0 Å². The summed E-state index contributed by atoms with van der Waals surface area (Å²) in [5, 5.41) is 9.69. The van der Waals surface area contributed by atoms with Gasteiger partial charge in [-0.15, -0.1) is 0 Å². The number of carboxylic acid groups (broad SMARTS) is 1. The highest BCUT2D eigenvalue weighted by Crippen LogP contribution is 2.40. The van der Waals surface area contributed by atoms with Crippen molar-refractivity contribution in [2.24, 2.45) is 0 Å². The molecule has 1 aliphatic heterocycles. The number of nitrogens with zero attached hydrogens (tertiary/aromatic N) is 1. The third-order valence-corrected chi connectivity index (χ3v) is 5.30. The Morgan fingerprint density at radius 1 is 1.23 bits per heavy atom. The quantitative estimate of drug-likeness (QED) is 0.763. The molecule has 0 bridgehead atoms. The molecule has 1 aliphatic rings. The molecule has 1 fully saturated rings. The number of methoxy groups -OCH3 is 2. The molecule has 26 heavy (non-hydrogen) atoms. The first-order valence-corrected chi connectivity index (χ1v) is 9.30. The maximum Gasteiger partial charge on any atom is 0.320 e. The van der Waals surface area contributed by atoms with Crippen LogP contribution in [0.3, 0.4) is 0 Å². The number of carbonyl (C=O) groups is 1. The van der Waals surface area contributed by atoms with Crippen molar-refractivity contribution in [1.29, 1.82) is 0 Å². The number of ether oxygens (including phenoxy) is 2. The maximum absolute atomic E-state index is 11.8. The lowest BCUT2D eigenvalue weighted by Crippen LogP contribution is -2.39. The average Bonchev–Trinajstić information content (AvgIpc) is 3.12. The highest BCUT2D eigenvalue weighted by Gasteiger charge is 2.38. The molecule has 2 unspecified atom stereocenters. The first-order valence-electron chi connectivity index (χ1n) is 8.51. The number of benzene rings is 2. The van der Waals surface area contributed by atoms with Crippen LogP contribution in [-0.2, 0) is 4.79 Å². The van der Waals surface area contributed by atoms with Crippen molar-refractivity contribution in [3.05, 3.63) is 58.1 Å². The van der Waals surface area contributed by atoms with Gasteiger partial charge in [-0.2, -0.15) is 0 Å². The summed E-state index contributed by atoms with van der Waals surface area (Å²) in [6.45, 7) is 0.726. The molecule has 0 radical (unpaired) electrons. The van der Waals surface area contributed by atoms with Crippen molar-refractivity contribution in [2.75, 3.05) is 20.8 Å². The minimum absolute atomic E-state index is 0.211. The van der Waals surface area contributed by atoms with Crippen molar-refractivity contribution >= 4 is 21.9 Å². The SMILES string of the molecule is COc1ccc(C(c2cccc(Br)c2)N2CCCC2C(=O)O)c(OC)c1. The second-order valence-electron chi connectivity index (χ2n) is 6.30. The molecule has 3 rings (SSSR count). The summed E-state index contributed by atoms with van der Waals surface area (Å²) < 4.78 is 11.9. The van der Waals surface area contributed by atoms with E-state index in [1.54, 1.807) is 14.2 Å². The predicted octanol–water partition coefficient (Wildman–Crippen LogP) is 4.10. The molecule has 1 N–H and O–H groups in total. The lowest BCUT2D eigenvalue weighted by molar-refractivity contribution is -0.142. The summed E-state index contributed by atoms with van der Waals surface area (Å²) in [6, 6.07) is 12.9. The highest BCUT2D eigenvalue weighted by atomic mass is 79.9. The van der Waals surface area contributed by atoms with Crippen LogP contribution in [0.2, 0.25) is 0 Å². The van der Waals surface area contributed by atoms with E-state index in [2.05, 4.69) is 20.8 Å². The van der Waals surface area contributed by atoms with E-state index in [9.17, 15) is 9.90 Å². The van der Waals surface area contributed by atoms with E-state index in [4.69, 9.17) is 9.47 Å². The van der Waals surface area contributed by atoms with Crippen molar-refractivity contribution in [1.82, 2.24) is 4.90 Å². The highest BCUT2D eigenvalue weighted by molar-refractivity contribution is 9.10. The number of carboxylic acids is 1. The molecule has 0 aromatic heterocycles. The molecule has 0 spiro atoms. The first kappa shape index (κ1) is 18.7. The smallest absolute Gasteiger partial charge is 0.320 e. The second-order valence-corrected chi connectivity index (χ2v) is 7.22. The van der Waals surface area contributed by atoms with Gasteiger partial charge in [0.1, 0.15) is 17.5 Å². The van der Waals surface area contributed by atoms with Gasteiger partial charge in [-0.3, -0.25) is 9.69 Å². The molecule has 5 nitrogen and oxygen atoms in total. The lowest BCUT2D eigenvalue weighted by atomic mass is 9.95. The molecular weight excluding hydrogens is 398 g/mol. The number of rotatable bonds is 6. The third kappa shape index (κ3) is 3.71. The van der Waals surface area contributed by atoms with Crippen LogP contribution in [0.5, 0.6) is 11.5 Å². The van der Waals surface area contributed by atoms with Crippen LogP contribution in [0, 0.1) is 0 Å². The third-order valence-electron chi connectivity index (χ3n) is 4.81. The van der Waals surface area contributed by atoms with Crippen LogP contribution < -0.4 is 9.47 Å². The van der Waals surface area contributed by atoms with E-state index in [1.807, 2.05) is 42.5 Å². The van der Waals surface area contributed by atoms with Crippen LogP contribution in [-0.4, -0.2) is 42.8 Å². The van der Waals surface area contributed by atoms with Gasteiger partial charge in [-0.25, -0.2) is 0 Å². The zero-order valence-electron chi connectivity index (χ0n) is 14.8. The fourth-order valence-electron chi connectivity index (χ4n) is 3.63. The largest absolute Gasteiger partial charge is 0.497 e. The Hall–Kier alpha value is -2.05. The normalized spacial score (nSPS) is 18.5. The second kappa shape index (κ2) is 8.10. The maximum atomic E-state index is 11.8. The van der Waals surface area contributed by atoms with E-state index in [0.29, 0.717) is 17.9 Å². The van der Waals surface area contributed by atoms with Crippen molar-refractivity contribution < 1.29 is 19.4 Å². The molecule has 1 heterocycles. The van der Waals surface area contributed by atoms with Gasteiger partial charge in [0.15, 0.2) is 0 Å². The molecule has 2 atom stereocenters. The van der Waals surface area contributed by atoms with E-state index in [1.165, 1.54) is 0 Å². The lowest BCUT2D eigenvalue weighted by Gasteiger charge is -2.33. The molecule has 0 amide bonds. The van der Waals surface area contributed by atoms with Gasteiger partial charge in [-0.1, -0.05) is 28.1 Å². The number of hydrogen-bond donors (Lipinski definition) is 1. The van der Waals surface area contributed by atoms with Crippen LogP contribution in [0.15, 0.2) is 46.9 Å². The van der Waals surface area contributed by atoms with E-state index < -0.39 is 12.0 Å². The van der Waals surface area contributed by atoms with Gasteiger partial charge in [0.25, 0.3) is 0 Å². The Labute approximate surface area is 161 Å². The Balaban J connectivity index is 2.14. The molecule has 0 aliphatic carbocycles. The monoisotopic (exact) mass is 419 g/mol. The van der Waals surface area contributed by atoms with Gasteiger partial charge in [-0.05, 0) is 42.7 Å². The van der Waals surface area contributed by atoms with E-state index in [0.717, 1.165) is 28.6 Å². The van der Waals surface area contributed by atoms with Crippen LogP contribution >= 0.6 is 15.9 Å². The molecule has 1 saturated heterocycles. The number of likely N-dealkylation sites (tertiary alicyclic amines) is 1. The Morgan fingerprint density at radius 2 is 2.04 bits per heavy atom. The number of halogens is 1. The zero-order valence-corrected chi connectivity index (χ0v) is 16.4. The number of hydrogen-bond acceptors (Lipinski definition) is 4. The van der Waals surface area contributed by atoms with Gasteiger partial charge in [0.05, 0.1) is 20.3 Å². The Morgan fingerprint density at radius 3 is 2.69 bits per heavy atom. The molecule has 138 valence electrons. The van der Waals surface area contributed by atoms with Crippen LogP contribution in [0.4, 0.5) is 0 Å². The van der Waals surface area contributed by atoms with Gasteiger partial charge < -0.3 is 14.6 Å². The summed E-state index contributed by atoms with van der Waals surface area (Å²) >= 11 is 3.53. The zero-order chi connectivity index (χ0) is 18.7. The van der Waals surface area contributed by atoms with Crippen molar-refractivity contribution in [3.63, 3.8) is 0 Å². The summed E-state index contributed by atoms with van der Waals surface area (Å²) in [6.07, 6.45) is 1.51. The van der Waals surface area contributed by atoms with Crippen LogP contribution in [0.1, 0.15) is 30.0 Å². The molecule has 6 heteroatoms. The first-order chi connectivity index (χ1) is 12.5. The molecule has 2 aromatic carbocycles. The standard InChI is InChI=1S/C20H22BrNO4/c1-25-15-8-9-16(18(12-15)26-2)19(13-5-3-6-14(21)11-13)22-10-4-7-17(22)20(23)24/h3,5-6,8-9,11-12,17,19H,4,7,10H2,1-2H3,(H,23,24). The number of aliphatic carboxylic acids is 1. The summed E-state index contributed by atoms with van der Waals surface area (Å²) in [4.78, 5) is 13.8. The molecule has 2 aromatic rings. The molecular formula is C20H22BrNO4. The van der Waals surface area contributed by atoms with Crippen molar-refractivity contribution in [3.8, 4) is 11.5 Å². The van der Waals surface area contributed by atoms with Crippen molar-refractivity contribution in [2.45, 2.75) is 24.9 Å². The summed E-state index contributed by atoms with van der Waals surface area (Å²) in [5.74, 6) is 0.607. The van der Waals surface area contributed by atoms with Gasteiger partial charge in [0, 0.05) is 22.6 Å². The summed E-state index contributed by atoms with van der Waals surface area (Å²) in [5.41, 5.74) is 1.95. The summed E-state index contributed by atoms with van der Waals surface area (Å²) in [7, 11) is 3.23. The minimum Gasteiger partial charge on any atom is -0.497 e. The van der Waals surface area contributed by atoms with Gasteiger partial charge in [0.2, 0.25) is 0 Å². The fraction of sp³-hybridized carbons (Fsp3) is 0.350. The van der Waals surface area contributed by atoms with Gasteiger partial charge >= 0.3 is 5.97 Å². The molecule has 0 saturated carbocycles. The fourth-order valence-corrected chi connectivity index (χ4v) is 4.05. The average molecular weight is 420 g/mol. The van der Waals surface area contributed by atoms with E-state index in [-0.39, 0.29) is 6.04 Å². The Bertz CT molecular complexity index is 795. The minimum atomic E-state index is -0.782.